The van der Waals surface area contributed by atoms with Crippen molar-refractivity contribution in [1.29, 1.82) is 0 Å². The van der Waals surface area contributed by atoms with Crippen LogP contribution in [-0.2, 0) is 0 Å². The minimum atomic E-state index is -0.303. The smallest absolute Gasteiger partial charge is 0.258 e. The molecule has 0 atom stereocenters. The molecule has 2 rings (SSSR count). The van der Waals surface area contributed by atoms with Crippen LogP contribution in [0.5, 0.6) is 0 Å². The van der Waals surface area contributed by atoms with Crippen LogP contribution in [0.3, 0.4) is 0 Å². The quantitative estimate of drug-likeness (QED) is 0.815. The van der Waals surface area contributed by atoms with Gasteiger partial charge in [0.25, 0.3) is 5.91 Å². The van der Waals surface area contributed by atoms with E-state index in [-0.39, 0.29) is 11.5 Å². The summed E-state index contributed by atoms with van der Waals surface area (Å²) in [6.07, 6.45) is 2.98. The van der Waals surface area contributed by atoms with Crippen molar-refractivity contribution in [3.8, 4) is 0 Å². The number of amides is 1. The Hall–Kier alpha value is -2.43. The maximum absolute atomic E-state index is 11.8. The van der Waals surface area contributed by atoms with Crippen LogP contribution in [0.1, 0.15) is 15.9 Å². The Morgan fingerprint density at radius 3 is 2.82 bits per heavy atom. The average Bonchev–Trinajstić information content (AvgIpc) is 2.33. The second-order valence-corrected chi connectivity index (χ2v) is 3.56. The summed E-state index contributed by atoms with van der Waals surface area (Å²) in [5, 5.41) is 2.67. The number of aromatic amines is 1. The molecule has 0 bridgehead atoms. The molecule has 0 aliphatic rings. The molecule has 0 unspecified atom stereocenters. The molecule has 86 valence electrons. The van der Waals surface area contributed by atoms with Crippen LogP contribution in [-0.4, -0.2) is 15.9 Å². The molecule has 0 spiro atoms. The van der Waals surface area contributed by atoms with Crippen molar-refractivity contribution >= 4 is 11.7 Å². The molecular formula is C12H11N3O2. The van der Waals surface area contributed by atoms with Crippen LogP contribution in [0, 0.1) is 6.92 Å². The van der Waals surface area contributed by atoms with E-state index in [0.29, 0.717) is 11.4 Å². The fourth-order valence-electron chi connectivity index (χ4n) is 1.35. The van der Waals surface area contributed by atoms with Gasteiger partial charge >= 0.3 is 0 Å². The molecule has 17 heavy (non-hydrogen) atoms. The highest BCUT2D eigenvalue weighted by atomic mass is 16.2. The Balaban J connectivity index is 2.20. The van der Waals surface area contributed by atoms with Crippen molar-refractivity contribution in [2.45, 2.75) is 6.92 Å². The third-order valence-corrected chi connectivity index (χ3v) is 2.29. The molecule has 5 nitrogen and oxygen atoms in total. The average molecular weight is 229 g/mol. The van der Waals surface area contributed by atoms with E-state index in [1.54, 1.807) is 12.3 Å². The summed E-state index contributed by atoms with van der Waals surface area (Å²) in [7, 11) is 0. The molecular weight excluding hydrogens is 218 g/mol. The number of aryl methyl sites for hydroxylation is 1. The molecule has 2 aromatic rings. The lowest BCUT2D eigenvalue weighted by atomic mass is 10.2. The monoisotopic (exact) mass is 229 g/mol. The first-order chi connectivity index (χ1) is 8.16. The van der Waals surface area contributed by atoms with E-state index < -0.39 is 0 Å². The summed E-state index contributed by atoms with van der Waals surface area (Å²) in [5.74, 6) is 0.215. The molecule has 2 aromatic heterocycles. The fourth-order valence-corrected chi connectivity index (χ4v) is 1.35. The molecule has 1 amide bonds. The molecule has 5 heteroatoms. The predicted octanol–water partition coefficient (Wildman–Crippen LogP) is 1.33. The molecule has 0 aliphatic carbocycles. The van der Waals surface area contributed by atoms with E-state index >= 15 is 0 Å². The molecule has 0 fully saturated rings. The van der Waals surface area contributed by atoms with Gasteiger partial charge in [0.2, 0.25) is 5.56 Å². The van der Waals surface area contributed by atoms with Gasteiger partial charge in [-0.3, -0.25) is 9.59 Å². The number of hydrogen-bond acceptors (Lipinski definition) is 3. The SMILES string of the molecule is Cc1cccnc1NC(=O)c1ccc(=O)[nH]c1. The first kappa shape index (κ1) is 11.1. The Kier molecular flexibility index (Phi) is 3.00. The minimum Gasteiger partial charge on any atom is -0.328 e. The van der Waals surface area contributed by atoms with Gasteiger partial charge in [-0.25, -0.2) is 4.98 Å². The lowest BCUT2D eigenvalue weighted by molar-refractivity contribution is 0.102. The largest absolute Gasteiger partial charge is 0.328 e. The Morgan fingerprint density at radius 2 is 2.18 bits per heavy atom. The van der Waals surface area contributed by atoms with Gasteiger partial charge in [0, 0.05) is 18.5 Å². The number of nitrogens with zero attached hydrogens (tertiary/aromatic N) is 1. The van der Waals surface area contributed by atoms with Crippen LogP contribution in [0.4, 0.5) is 5.82 Å². The first-order valence-corrected chi connectivity index (χ1v) is 5.08. The first-order valence-electron chi connectivity index (χ1n) is 5.08. The second-order valence-electron chi connectivity index (χ2n) is 3.56. The van der Waals surface area contributed by atoms with Crippen molar-refractivity contribution < 1.29 is 4.79 Å². The highest BCUT2D eigenvalue weighted by Crippen LogP contribution is 2.10. The molecule has 2 heterocycles. The number of nitrogens with one attached hydrogen (secondary N) is 2. The van der Waals surface area contributed by atoms with Crippen molar-refractivity contribution in [1.82, 2.24) is 9.97 Å². The minimum absolute atomic E-state index is 0.240. The van der Waals surface area contributed by atoms with Gasteiger partial charge in [0.05, 0.1) is 5.56 Å². The summed E-state index contributed by atoms with van der Waals surface area (Å²) < 4.78 is 0. The summed E-state index contributed by atoms with van der Waals surface area (Å²) in [5.41, 5.74) is 1.02. The van der Waals surface area contributed by atoms with Crippen molar-refractivity contribution in [3.05, 3.63) is 58.1 Å². The Labute approximate surface area is 97.5 Å². The number of anilines is 1. The normalized spacial score (nSPS) is 9.94. The highest BCUT2D eigenvalue weighted by Gasteiger charge is 2.07. The molecule has 0 saturated carbocycles. The Bertz CT molecular complexity index is 584. The number of carbonyl (C=O) groups is 1. The van der Waals surface area contributed by atoms with E-state index in [0.717, 1.165) is 5.56 Å². The number of rotatable bonds is 2. The van der Waals surface area contributed by atoms with Gasteiger partial charge in [-0.15, -0.1) is 0 Å². The lowest BCUT2D eigenvalue weighted by Gasteiger charge is -2.06. The van der Waals surface area contributed by atoms with E-state index in [1.165, 1.54) is 18.3 Å². The van der Waals surface area contributed by atoms with Gasteiger partial charge < -0.3 is 10.3 Å². The maximum Gasteiger partial charge on any atom is 0.258 e. The number of aromatic nitrogens is 2. The number of hydrogen-bond donors (Lipinski definition) is 2. The van der Waals surface area contributed by atoms with E-state index in [2.05, 4.69) is 15.3 Å². The summed E-state index contributed by atoms with van der Waals surface area (Å²) in [6, 6.07) is 6.42. The van der Waals surface area contributed by atoms with Crippen molar-refractivity contribution in [3.63, 3.8) is 0 Å². The predicted molar refractivity (Wildman–Crippen MR) is 64.0 cm³/mol. The van der Waals surface area contributed by atoms with E-state index in [4.69, 9.17) is 0 Å². The fraction of sp³-hybridized carbons (Fsp3) is 0.0833. The molecule has 0 saturated heterocycles. The summed E-state index contributed by atoms with van der Waals surface area (Å²) in [6.45, 7) is 1.86. The van der Waals surface area contributed by atoms with Crippen LogP contribution in [0.15, 0.2) is 41.5 Å². The highest BCUT2D eigenvalue weighted by molar-refractivity contribution is 6.03. The summed E-state index contributed by atoms with van der Waals surface area (Å²) >= 11 is 0. The standard InChI is InChI=1S/C12H11N3O2/c1-8-3-2-6-13-11(8)15-12(17)9-4-5-10(16)14-7-9/h2-7H,1H3,(H,14,16)(H,13,15,17). The van der Waals surface area contributed by atoms with Gasteiger partial charge in [-0.05, 0) is 24.6 Å². The topological polar surface area (TPSA) is 74.8 Å². The number of H-pyrrole nitrogens is 1. The number of carbonyl (C=O) groups excluding carboxylic acids is 1. The third-order valence-electron chi connectivity index (χ3n) is 2.29. The van der Waals surface area contributed by atoms with Gasteiger partial charge in [0.1, 0.15) is 5.82 Å². The van der Waals surface area contributed by atoms with Crippen LogP contribution >= 0.6 is 0 Å². The Morgan fingerprint density at radius 1 is 1.35 bits per heavy atom. The third kappa shape index (κ3) is 2.57. The number of pyridine rings is 2. The maximum atomic E-state index is 11.8. The zero-order valence-electron chi connectivity index (χ0n) is 9.23. The van der Waals surface area contributed by atoms with Crippen LogP contribution in [0.2, 0.25) is 0 Å². The van der Waals surface area contributed by atoms with Gasteiger partial charge in [-0.1, -0.05) is 6.07 Å². The lowest BCUT2D eigenvalue weighted by Crippen LogP contribution is -2.15. The van der Waals surface area contributed by atoms with Gasteiger partial charge in [-0.2, -0.15) is 0 Å². The summed E-state index contributed by atoms with van der Waals surface area (Å²) in [4.78, 5) is 29.2. The molecule has 2 N–H and O–H groups in total. The molecule has 0 aromatic carbocycles. The van der Waals surface area contributed by atoms with Crippen LogP contribution in [0.25, 0.3) is 0 Å². The van der Waals surface area contributed by atoms with Crippen molar-refractivity contribution in [2.24, 2.45) is 0 Å². The van der Waals surface area contributed by atoms with Gasteiger partial charge in [0.15, 0.2) is 0 Å². The zero-order valence-corrected chi connectivity index (χ0v) is 9.23. The second kappa shape index (κ2) is 4.61. The van der Waals surface area contributed by atoms with E-state index in [1.807, 2.05) is 13.0 Å². The molecule has 0 radical (unpaired) electrons. The molecule has 0 aliphatic heterocycles. The van der Waals surface area contributed by atoms with Crippen LogP contribution < -0.4 is 10.9 Å². The zero-order chi connectivity index (χ0) is 12.3. The van der Waals surface area contributed by atoms with E-state index in [9.17, 15) is 9.59 Å². The van der Waals surface area contributed by atoms with Crippen molar-refractivity contribution in [2.75, 3.05) is 5.32 Å².